The van der Waals surface area contributed by atoms with Crippen LogP contribution in [0, 0.1) is 17.8 Å². The molecule has 0 spiro atoms. The number of amides is 1. The molecule has 4 saturated carbocycles. The van der Waals surface area contributed by atoms with Crippen molar-refractivity contribution in [1.29, 1.82) is 0 Å². The molecule has 4 aliphatic carbocycles. The molecule has 5 rings (SSSR count). The van der Waals surface area contributed by atoms with E-state index in [-0.39, 0.29) is 27.2 Å². The Morgan fingerprint density at radius 1 is 1.19 bits per heavy atom. The van der Waals surface area contributed by atoms with Crippen LogP contribution in [0.1, 0.15) is 55.8 Å². The Balaban J connectivity index is 1.39. The first-order valence-corrected chi connectivity index (χ1v) is 9.93. The molecule has 1 amide bonds. The highest BCUT2D eigenvalue weighted by Gasteiger charge is 2.51. The van der Waals surface area contributed by atoms with Crippen LogP contribution in [0.4, 0.5) is 0 Å². The van der Waals surface area contributed by atoms with Crippen molar-refractivity contribution in [3.05, 3.63) is 28.0 Å². The molecular weight excluding hydrogens is 375 g/mol. The van der Waals surface area contributed by atoms with Gasteiger partial charge >= 0.3 is 5.97 Å². The van der Waals surface area contributed by atoms with Crippen LogP contribution in [0.5, 0.6) is 0 Å². The maximum absolute atomic E-state index is 12.7. The molecule has 5 nitrogen and oxygen atoms in total. The summed E-state index contributed by atoms with van der Waals surface area (Å²) in [5.74, 6) is 1.35. The number of esters is 1. The van der Waals surface area contributed by atoms with E-state index in [1.807, 2.05) is 0 Å². The van der Waals surface area contributed by atoms with Gasteiger partial charge in [-0.1, -0.05) is 23.2 Å². The molecular formula is C19H22Cl2N2O3. The minimum absolute atomic E-state index is 0.0996. The number of hydrogen-bond acceptors (Lipinski definition) is 4. The molecule has 4 bridgehead atoms. The van der Waals surface area contributed by atoms with Gasteiger partial charge in [-0.3, -0.25) is 4.79 Å². The molecule has 1 N–H and O–H groups in total. The molecule has 4 fully saturated rings. The molecule has 4 aliphatic rings. The van der Waals surface area contributed by atoms with E-state index in [4.69, 9.17) is 27.9 Å². The highest BCUT2D eigenvalue weighted by molar-refractivity contribution is 6.41. The van der Waals surface area contributed by atoms with Crippen LogP contribution in [-0.4, -0.2) is 28.5 Å². The summed E-state index contributed by atoms with van der Waals surface area (Å²) in [7, 11) is 0. The normalized spacial score (nSPS) is 33.0. The van der Waals surface area contributed by atoms with Gasteiger partial charge in [-0.05, 0) is 69.3 Å². The van der Waals surface area contributed by atoms with Crippen LogP contribution in [0.25, 0.3) is 0 Å². The van der Waals surface area contributed by atoms with Gasteiger partial charge < -0.3 is 10.1 Å². The monoisotopic (exact) mass is 396 g/mol. The fourth-order valence-electron chi connectivity index (χ4n) is 5.44. The van der Waals surface area contributed by atoms with Crippen LogP contribution in [-0.2, 0) is 9.53 Å². The number of hydrogen-bond donors (Lipinski definition) is 1. The summed E-state index contributed by atoms with van der Waals surface area (Å²) in [6.45, 7) is 1.60. The van der Waals surface area contributed by atoms with E-state index in [0.717, 1.165) is 37.0 Å². The van der Waals surface area contributed by atoms with Gasteiger partial charge in [0.1, 0.15) is 5.15 Å². The second-order valence-corrected chi connectivity index (χ2v) is 9.00. The van der Waals surface area contributed by atoms with E-state index in [0.29, 0.717) is 0 Å². The molecule has 0 aliphatic heterocycles. The SMILES string of the molecule is C[C@@H](OC(=O)c1cnc(Cl)c(Cl)c1)C(=O)NC12CC3CC(CC(C3)C1)C2. The number of carbonyl (C=O) groups is 2. The van der Waals surface area contributed by atoms with Gasteiger partial charge in [0.2, 0.25) is 0 Å². The van der Waals surface area contributed by atoms with Gasteiger partial charge in [0.05, 0.1) is 10.6 Å². The number of rotatable bonds is 4. The van der Waals surface area contributed by atoms with Gasteiger partial charge in [0.25, 0.3) is 5.91 Å². The van der Waals surface area contributed by atoms with Crippen molar-refractivity contribution >= 4 is 35.1 Å². The lowest BCUT2D eigenvalue weighted by atomic mass is 9.53. The Hall–Kier alpha value is -1.33. The van der Waals surface area contributed by atoms with E-state index in [1.165, 1.54) is 31.5 Å². The highest BCUT2D eigenvalue weighted by Crippen LogP contribution is 2.55. The van der Waals surface area contributed by atoms with Crippen molar-refractivity contribution in [3.63, 3.8) is 0 Å². The van der Waals surface area contributed by atoms with E-state index in [2.05, 4.69) is 10.3 Å². The average Bonchev–Trinajstić information content (AvgIpc) is 2.55. The topological polar surface area (TPSA) is 68.3 Å². The summed E-state index contributed by atoms with van der Waals surface area (Å²) in [5, 5.41) is 3.52. The maximum atomic E-state index is 12.7. The van der Waals surface area contributed by atoms with Gasteiger partial charge in [-0.2, -0.15) is 0 Å². The molecule has 26 heavy (non-hydrogen) atoms. The number of nitrogens with one attached hydrogen (secondary N) is 1. The summed E-state index contributed by atoms with van der Waals surface area (Å²) in [5.41, 5.74) is 0.0753. The van der Waals surface area contributed by atoms with Crippen LogP contribution < -0.4 is 5.32 Å². The van der Waals surface area contributed by atoms with E-state index in [9.17, 15) is 9.59 Å². The summed E-state index contributed by atoms with van der Waals surface area (Å²) in [6.07, 6.45) is 7.52. The summed E-state index contributed by atoms with van der Waals surface area (Å²) in [4.78, 5) is 28.7. The highest BCUT2D eigenvalue weighted by atomic mass is 35.5. The molecule has 1 aromatic heterocycles. The van der Waals surface area contributed by atoms with Gasteiger partial charge in [0, 0.05) is 11.7 Å². The number of halogens is 2. The Morgan fingerprint density at radius 2 is 1.77 bits per heavy atom. The quantitative estimate of drug-likeness (QED) is 0.616. The van der Waals surface area contributed by atoms with Crippen molar-refractivity contribution in [2.75, 3.05) is 0 Å². The number of pyridine rings is 1. The molecule has 1 atom stereocenters. The standard InChI is InChI=1S/C19H22Cl2N2O3/c1-10(26-18(25)14-5-15(20)16(21)22-9-14)17(24)23-19-6-11-2-12(7-19)4-13(3-11)8-19/h5,9-13H,2-4,6-8H2,1H3,(H,23,24)/t10-,11?,12?,13?,19?/m1/s1. The van der Waals surface area contributed by atoms with Crippen molar-refractivity contribution < 1.29 is 14.3 Å². The first kappa shape index (κ1) is 18.1. The number of carbonyl (C=O) groups excluding carboxylic acids is 2. The lowest BCUT2D eigenvalue weighted by Gasteiger charge is -2.57. The van der Waals surface area contributed by atoms with E-state index in [1.54, 1.807) is 6.92 Å². The van der Waals surface area contributed by atoms with Gasteiger partial charge in [-0.15, -0.1) is 0 Å². The molecule has 0 aromatic carbocycles. The first-order valence-electron chi connectivity index (χ1n) is 9.17. The Kier molecular flexibility index (Phi) is 4.64. The Morgan fingerprint density at radius 3 is 2.31 bits per heavy atom. The second-order valence-electron chi connectivity index (χ2n) is 8.23. The molecule has 0 radical (unpaired) electrons. The lowest BCUT2D eigenvalue weighted by molar-refractivity contribution is -0.134. The predicted molar refractivity (Wildman–Crippen MR) is 98.2 cm³/mol. The zero-order valence-electron chi connectivity index (χ0n) is 14.6. The number of aromatic nitrogens is 1. The zero-order chi connectivity index (χ0) is 18.5. The molecule has 1 heterocycles. The van der Waals surface area contributed by atoms with Crippen molar-refractivity contribution in [2.45, 2.75) is 57.1 Å². The van der Waals surface area contributed by atoms with E-state index >= 15 is 0 Å². The van der Waals surface area contributed by atoms with Crippen molar-refractivity contribution in [2.24, 2.45) is 17.8 Å². The van der Waals surface area contributed by atoms with Gasteiger partial charge in [0.15, 0.2) is 6.10 Å². The molecule has 0 saturated heterocycles. The fourth-order valence-corrected chi connectivity index (χ4v) is 5.71. The number of ether oxygens (including phenoxy) is 1. The average molecular weight is 397 g/mol. The third-order valence-electron chi connectivity index (χ3n) is 6.11. The van der Waals surface area contributed by atoms with E-state index < -0.39 is 12.1 Å². The summed E-state index contributed by atoms with van der Waals surface area (Å²) < 4.78 is 5.31. The minimum Gasteiger partial charge on any atom is -0.449 e. The molecule has 1 aromatic rings. The first-order chi connectivity index (χ1) is 12.3. The predicted octanol–water partition coefficient (Wildman–Crippen LogP) is 4.02. The zero-order valence-corrected chi connectivity index (χ0v) is 16.1. The second kappa shape index (κ2) is 6.68. The molecule has 140 valence electrons. The Bertz CT molecular complexity index is 717. The lowest BCUT2D eigenvalue weighted by Crippen LogP contribution is -2.61. The van der Waals surface area contributed by atoms with Crippen molar-refractivity contribution in [3.8, 4) is 0 Å². The van der Waals surface area contributed by atoms with Crippen LogP contribution in [0.3, 0.4) is 0 Å². The van der Waals surface area contributed by atoms with Gasteiger partial charge in [-0.25, -0.2) is 9.78 Å². The largest absolute Gasteiger partial charge is 0.449 e. The molecule has 7 heteroatoms. The number of nitrogens with zero attached hydrogens (tertiary/aromatic N) is 1. The fraction of sp³-hybridized carbons (Fsp3) is 0.632. The summed E-state index contributed by atoms with van der Waals surface area (Å²) in [6, 6.07) is 1.39. The Labute approximate surface area is 162 Å². The van der Waals surface area contributed by atoms with Crippen LogP contribution in [0.15, 0.2) is 12.3 Å². The van der Waals surface area contributed by atoms with Crippen molar-refractivity contribution in [1.82, 2.24) is 10.3 Å². The molecule has 0 unspecified atom stereocenters. The third kappa shape index (κ3) is 3.44. The smallest absolute Gasteiger partial charge is 0.340 e. The maximum Gasteiger partial charge on any atom is 0.340 e. The van der Waals surface area contributed by atoms with Crippen LogP contribution in [0.2, 0.25) is 10.2 Å². The van der Waals surface area contributed by atoms with Crippen LogP contribution >= 0.6 is 23.2 Å². The third-order valence-corrected chi connectivity index (χ3v) is 6.80. The summed E-state index contributed by atoms with van der Waals surface area (Å²) >= 11 is 11.6. The minimum atomic E-state index is -0.870.